The molecule has 0 unspecified atom stereocenters. The first-order valence-electron chi connectivity index (χ1n) is 6.36. The number of phenolic OH excluding ortho intramolecular Hbond substituents is 1. The number of phenols is 1. The first-order chi connectivity index (χ1) is 10.0. The fraction of sp³-hybridized carbons (Fsp3) is 0.200. The summed E-state index contributed by atoms with van der Waals surface area (Å²) in [6.45, 7) is 2.21. The van der Waals surface area contributed by atoms with Gasteiger partial charge in [-0.15, -0.1) is 0 Å². The van der Waals surface area contributed by atoms with Crippen LogP contribution >= 0.6 is 0 Å². The average molecular weight is 288 g/mol. The summed E-state index contributed by atoms with van der Waals surface area (Å²) in [5.74, 6) is 0.726. The van der Waals surface area contributed by atoms with E-state index in [0.717, 1.165) is 11.3 Å². The van der Waals surface area contributed by atoms with E-state index in [1.165, 1.54) is 19.2 Å². The fourth-order valence-corrected chi connectivity index (χ4v) is 1.97. The maximum Gasteiger partial charge on any atom is 0.269 e. The van der Waals surface area contributed by atoms with Crippen LogP contribution in [0, 0.1) is 17.0 Å². The minimum atomic E-state index is -0.425. The SMILES string of the molecule is COc1ccc(CNc2ccc([N+](=O)[O-])cc2C)c(O)c1. The van der Waals surface area contributed by atoms with E-state index in [-0.39, 0.29) is 11.4 Å². The summed E-state index contributed by atoms with van der Waals surface area (Å²) in [6, 6.07) is 9.69. The molecule has 0 bridgehead atoms. The molecule has 0 atom stereocenters. The van der Waals surface area contributed by atoms with Crippen molar-refractivity contribution < 1.29 is 14.8 Å². The molecule has 0 aliphatic carbocycles. The zero-order valence-electron chi connectivity index (χ0n) is 11.8. The Morgan fingerprint density at radius 3 is 2.62 bits per heavy atom. The van der Waals surface area contributed by atoms with Crippen molar-refractivity contribution in [3.63, 3.8) is 0 Å². The molecule has 2 N–H and O–H groups in total. The second kappa shape index (κ2) is 6.13. The van der Waals surface area contributed by atoms with Gasteiger partial charge in [0, 0.05) is 36.0 Å². The van der Waals surface area contributed by atoms with Gasteiger partial charge < -0.3 is 15.2 Å². The Kier molecular flexibility index (Phi) is 4.27. The van der Waals surface area contributed by atoms with E-state index in [0.29, 0.717) is 17.9 Å². The third-order valence-electron chi connectivity index (χ3n) is 3.18. The van der Waals surface area contributed by atoms with Crippen LogP contribution in [0.5, 0.6) is 11.5 Å². The minimum Gasteiger partial charge on any atom is -0.507 e. The summed E-state index contributed by atoms with van der Waals surface area (Å²) in [7, 11) is 1.53. The van der Waals surface area contributed by atoms with Gasteiger partial charge in [0.15, 0.2) is 0 Å². The Labute approximate surface area is 122 Å². The van der Waals surface area contributed by atoms with Crippen LogP contribution in [0.2, 0.25) is 0 Å². The van der Waals surface area contributed by atoms with E-state index < -0.39 is 4.92 Å². The summed E-state index contributed by atoms with van der Waals surface area (Å²) >= 11 is 0. The highest BCUT2D eigenvalue weighted by Crippen LogP contribution is 2.26. The van der Waals surface area contributed by atoms with Gasteiger partial charge in [0.05, 0.1) is 12.0 Å². The molecule has 2 aromatic rings. The van der Waals surface area contributed by atoms with E-state index in [1.54, 1.807) is 31.2 Å². The number of aromatic hydroxyl groups is 1. The zero-order valence-corrected chi connectivity index (χ0v) is 11.8. The highest BCUT2D eigenvalue weighted by molar-refractivity contribution is 5.56. The number of anilines is 1. The number of hydrogen-bond acceptors (Lipinski definition) is 5. The number of hydrogen-bond donors (Lipinski definition) is 2. The molecule has 21 heavy (non-hydrogen) atoms. The molecule has 0 spiro atoms. The van der Waals surface area contributed by atoms with Crippen LogP contribution in [0.25, 0.3) is 0 Å². The highest BCUT2D eigenvalue weighted by atomic mass is 16.6. The average Bonchev–Trinajstić information content (AvgIpc) is 2.46. The summed E-state index contributed by atoms with van der Waals surface area (Å²) in [6.07, 6.45) is 0. The van der Waals surface area contributed by atoms with Crippen LogP contribution in [0.1, 0.15) is 11.1 Å². The third-order valence-corrected chi connectivity index (χ3v) is 3.18. The van der Waals surface area contributed by atoms with Crippen LogP contribution in [-0.4, -0.2) is 17.1 Å². The Morgan fingerprint density at radius 1 is 1.29 bits per heavy atom. The predicted molar refractivity (Wildman–Crippen MR) is 79.8 cm³/mol. The number of nitro benzene ring substituents is 1. The van der Waals surface area contributed by atoms with Crippen LogP contribution in [0.4, 0.5) is 11.4 Å². The number of methoxy groups -OCH3 is 1. The summed E-state index contributed by atoms with van der Waals surface area (Å²) in [5, 5.41) is 23.7. The first-order valence-corrected chi connectivity index (χ1v) is 6.36. The lowest BCUT2D eigenvalue weighted by molar-refractivity contribution is -0.384. The fourth-order valence-electron chi connectivity index (χ4n) is 1.97. The molecule has 0 amide bonds. The van der Waals surface area contributed by atoms with Crippen molar-refractivity contribution in [1.29, 1.82) is 0 Å². The van der Waals surface area contributed by atoms with Crippen molar-refractivity contribution in [3.05, 3.63) is 57.6 Å². The van der Waals surface area contributed by atoms with Crippen molar-refractivity contribution in [2.75, 3.05) is 12.4 Å². The molecule has 0 heterocycles. The van der Waals surface area contributed by atoms with Gasteiger partial charge in [0.2, 0.25) is 0 Å². The number of benzene rings is 2. The molecule has 0 aliphatic rings. The standard InChI is InChI=1S/C15H16N2O4/c1-10-7-12(17(19)20)4-6-14(10)16-9-11-3-5-13(21-2)8-15(11)18/h3-8,16,18H,9H2,1-2H3. The van der Waals surface area contributed by atoms with Crippen molar-refractivity contribution >= 4 is 11.4 Å². The van der Waals surface area contributed by atoms with E-state index in [9.17, 15) is 15.2 Å². The number of ether oxygens (including phenoxy) is 1. The van der Waals surface area contributed by atoms with Crippen molar-refractivity contribution in [2.45, 2.75) is 13.5 Å². The number of aryl methyl sites for hydroxylation is 1. The second-order valence-electron chi connectivity index (χ2n) is 4.60. The second-order valence-corrected chi connectivity index (χ2v) is 4.60. The Balaban J connectivity index is 2.11. The molecule has 0 fully saturated rings. The monoisotopic (exact) mass is 288 g/mol. The summed E-state index contributed by atoms with van der Waals surface area (Å²) < 4.78 is 5.02. The van der Waals surface area contributed by atoms with Gasteiger partial charge in [-0.3, -0.25) is 10.1 Å². The molecule has 2 rings (SSSR count). The quantitative estimate of drug-likeness (QED) is 0.651. The number of nitrogens with one attached hydrogen (secondary N) is 1. The molecule has 6 heteroatoms. The van der Waals surface area contributed by atoms with Crippen LogP contribution < -0.4 is 10.1 Å². The molecule has 0 radical (unpaired) electrons. The largest absolute Gasteiger partial charge is 0.507 e. The lowest BCUT2D eigenvalue weighted by atomic mass is 10.1. The van der Waals surface area contributed by atoms with Gasteiger partial charge >= 0.3 is 0 Å². The molecule has 2 aromatic carbocycles. The van der Waals surface area contributed by atoms with Crippen LogP contribution in [0.15, 0.2) is 36.4 Å². The van der Waals surface area contributed by atoms with Gasteiger partial charge in [-0.1, -0.05) is 0 Å². The van der Waals surface area contributed by atoms with Gasteiger partial charge in [-0.25, -0.2) is 0 Å². The van der Waals surface area contributed by atoms with Gasteiger partial charge in [0.25, 0.3) is 5.69 Å². The van der Waals surface area contributed by atoms with Crippen molar-refractivity contribution in [3.8, 4) is 11.5 Å². The van der Waals surface area contributed by atoms with E-state index >= 15 is 0 Å². The first kappa shape index (κ1) is 14.6. The number of nitro groups is 1. The highest BCUT2D eigenvalue weighted by Gasteiger charge is 2.09. The molecule has 6 nitrogen and oxygen atoms in total. The molecular weight excluding hydrogens is 272 g/mol. The van der Waals surface area contributed by atoms with Gasteiger partial charge in [0.1, 0.15) is 11.5 Å². The molecule has 0 aromatic heterocycles. The Hall–Kier alpha value is -2.76. The molecule has 0 saturated carbocycles. The maximum atomic E-state index is 10.7. The van der Waals surface area contributed by atoms with E-state index in [1.807, 2.05) is 0 Å². The lowest BCUT2D eigenvalue weighted by Crippen LogP contribution is -2.02. The van der Waals surface area contributed by atoms with Crippen molar-refractivity contribution in [1.82, 2.24) is 0 Å². The van der Waals surface area contributed by atoms with E-state index in [4.69, 9.17) is 4.74 Å². The molecule has 0 aliphatic heterocycles. The van der Waals surface area contributed by atoms with Crippen LogP contribution in [-0.2, 0) is 6.54 Å². The van der Waals surface area contributed by atoms with E-state index in [2.05, 4.69) is 5.32 Å². The van der Waals surface area contributed by atoms with Crippen LogP contribution in [0.3, 0.4) is 0 Å². The lowest BCUT2D eigenvalue weighted by Gasteiger charge is -2.11. The van der Waals surface area contributed by atoms with Gasteiger partial charge in [-0.05, 0) is 30.7 Å². The smallest absolute Gasteiger partial charge is 0.269 e. The number of rotatable bonds is 5. The normalized spacial score (nSPS) is 10.2. The zero-order chi connectivity index (χ0) is 15.4. The molecule has 110 valence electrons. The third kappa shape index (κ3) is 3.42. The topological polar surface area (TPSA) is 84.6 Å². The molecular formula is C15H16N2O4. The van der Waals surface area contributed by atoms with Crippen molar-refractivity contribution in [2.24, 2.45) is 0 Å². The maximum absolute atomic E-state index is 10.7. The Morgan fingerprint density at radius 2 is 2.05 bits per heavy atom. The number of non-ortho nitro benzene ring substituents is 1. The minimum absolute atomic E-state index is 0.0605. The summed E-state index contributed by atoms with van der Waals surface area (Å²) in [4.78, 5) is 10.3. The Bertz CT molecular complexity index is 671. The van der Waals surface area contributed by atoms with Gasteiger partial charge in [-0.2, -0.15) is 0 Å². The predicted octanol–water partition coefficient (Wildman–Crippen LogP) is 3.23. The summed E-state index contributed by atoms with van der Waals surface area (Å²) in [5.41, 5.74) is 2.34. The molecule has 0 saturated heterocycles. The number of nitrogens with zero attached hydrogens (tertiary/aromatic N) is 1.